The number of rotatable bonds is 4. The zero-order chi connectivity index (χ0) is 10.7. The number of anilines is 1. The van der Waals surface area contributed by atoms with Crippen LogP contribution in [0.3, 0.4) is 0 Å². The molecular weight excluding hydrogens is 190 g/mol. The van der Waals surface area contributed by atoms with Gasteiger partial charge in [0.15, 0.2) is 5.65 Å². The number of pyridine rings is 1. The third-order valence-electron chi connectivity index (χ3n) is 2.16. The van der Waals surface area contributed by atoms with Crippen LogP contribution in [0.5, 0.6) is 0 Å². The Morgan fingerprint density at radius 1 is 1.53 bits per heavy atom. The smallest absolute Gasteiger partial charge is 0.243 e. The van der Waals surface area contributed by atoms with Gasteiger partial charge in [-0.15, -0.1) is 5.10 Å². The molecule has 0 fully saturated rings. The maximum atomic E-state index is 5.40. The Balaban J connectivity index is 2.16. The molecule has 2 rings (SSSR count). The minimum atomic E-state index is 0.661. The average Bonchev–Trinajstić information content (AvgIpc) is 2.60. The zero-order valence-corrected chi connectivity index (χ0v) is 8.77. The van der Waals surface area contributed by atoms with Crippen LogP contribution in [0, 0.1) is 6.92 Å². The van der Waals surface area contributed by atoms with E-state index in [0.717, 1.165) is 18.6 Å². The summed E-state index contributed by atoms with van der Waals surface area (Å²) in [5.41, 5.74) is 7.45. The van der Waals surface area contributed by atoms with Crippen LogP contribution in [0.25, 0.3) is 5.65 Å². The first-order valence-electron chi connectivity index (χ1n) is 5.06. The number of hydrogen-bond acceptors (Lipinski definition) is 4. The van der Waals surface area contributed by atoms with Gasteiger partial charge in [-0.1, -0.05) is 0 Å². The van der Waals surface area contributed by atoms with E-state index in [1.165, 1.54) is 5.56 Å². The molecule has 0 bridgehead atoms. The highest BCUT2D eigenvalue weighted by Crippen LogP contribution is 2.07. The number of nitrogens with zero attached hydrogens (tertiary/aromatic N) is 3. The molecule has 0 saturated carbocycles. The monoisotopic (exact) mass is 205 g/mol. The maximum absolute atomic E-state index is 5.40. The molecule has 15 heavy (non-hydrogen) atoms. The van der Waals surface area contributed by atoms with Crippen molar-refractivity contribution in [1.29, 1.82) is 0 Å². The highest BCUT2D eigenvalue weighted by atomic mass is 15.3. The summed E-state index contributed by atoms with van der Waals surface area (Å²) < 4.78 is 1.76. The molecule has 0 spiro atoms. The van der Waals surface area contributed by atoms with Crippen molar-refractivity contribution in [2.24, 2.45) is 5.73 Å². The predicted molar refractivity (Wildman–Crippen MR) is 59.9 cm³/mol. The Hall–Kier alpha value is -1.62. The van der Waals surface area contributed by atoms with Crippen molar-refractivity contribution < 1.29 is 0 Å². The molecule has 2 aromatic rings. The van der Waals surface area contributed by atoms with Gasteiger partial charge >= 0.3 is 0 Å². The van der Waals surface area contributed by atoms with E-state index in [4.69, 9.17) is 5.73 Å². The Kier molecular flexibility index (Phi) is 2.82. The minimum Gasteiger partial charge on any atom is -0.353 e. The first-order chi connectivity index (χ1) is 7.29. The summed E-state index contributed by atoms with van der Waals surface area (Å²) in [6, 6.07) is 4.01. The fraction of sp³-hybridized carbons (Fsp3) is 0.400. The molecule has 80 valence electrons. The molecule has 0 atom stereocenters. The van der Waals surface area contributed by atoms with Gasteiger partial charge in [0.2, 0.25) is 5.95 Å². The molecule has 0 saturated heterocycles. The normalized spacial score (nSPS) is 10.8. The first-order valence-corrected chi connectivity index (χ1v) is 5.06. The number of hydrogen-bond donors (Lipinski definition) is 2. The SMILES string of the molecule is Cc1ccn2nc(NCCCN)nc2c1. The summed E-state index contributed by atoms with van der Waals surface area (Å²) >= 11 is 0. The van der Waals surface area contributed by atoms with Gasteiger partial charge in [-0.2, -0.15) is 4.98 Å². The van der Waals surface area contributed by atoms with Gasteiger partial charge in [-0.3, -0.25) is 0 Å². The molecule has 0 aliphatic carbocycles. The lowest BCUT2D eigenvalue weighted by molar-refractivity contribution is 0.859. The quantitative estimate of drug-likeness (QED) is 0.724. The van der Waals surface area contributed by atoms with Crippen molar-refractivity contribution in [1.82, 2.24) is 14.6 Å². The minimum absolute atomic E-state index is 0.661. The van der Waals surface area contributed by atoms with E-state index >= 15 is 0 Å². The molecule has 2 aromatic heterocycles. The molecule has 0 radical (unpaired) electrons. The van der Waals surface area contributed by atoms with E-state index in [9.17, 15) is 0 Å². The van der Waals surface area contributed by atoms with Gasteiger partial charge in [-0.25, -0.2) is 4.52 Å². The van der Waals surface area contributed by atoms with Crippen molar-refractivity contribution in [3.63, 3.8) is 0 Å². The van der Waals surface area contributed by atoms with Crippen LogP contribution in [0.1, 0.15) is 12.0 Å². The lowest BCUT2D eigenvalue weighted by atomic mass is 10.3. The van der Waals surface area contributed by atoms with E-state index in [2.05, 4.69) is 15.4 Å². The predicted octanol–water partition coefficient (Wildman–Crippen LogP) is 0.798. The van der Waals surface area contributed by atoms with Gasteiger partial charge in [0.1, 0.15) is 0 Å². The van der Waals surface area contributed by atoms with Crippen molar-refractivity contribution in [3.05, 3.63) is 23.9 Å². The third kappa shape index (κ3) is 2.24. The Morgan fingerprint density at radius 3 is 3.20 bits per heavy atom. The van der Waals surface area contributed by atoms with Crippen LogP contribution < -0.4 is 11.1 Å². The summed E-state index contributed by atoms with van der Waals surface area (Å²) in [5.74, 6) is 0.661. The van der Waals surface area contributed by atoms with E-state index in [-0.39, 0.29) is 0 Å². The number of nitrogens with two attached hydrogens (primary N) is 1. The molecule has 3 N–H and O–H groups in total. The van der Waals surface area contributed by atoms with Gasteiger partial charge in [0.05, 0.1) is 0 Å². The molecule has 2 heterocycles. The van der Waals surface area contributed by atoms with E-state index in [1.807, 2.05) is 25.3 Å². The van der Waals surface area contributed by atoms with E-state index in [0.29, 0.717) is 12.5 Å². The molecule has 5 nitrogen and oxygen atoms in total. The van der Waals surface area contributed by atoms with Crippen LogP contribution in [0.15, 0.2) is 18.3 Å². The number of aryl methyl sites for hydroxylation is 1. The van der Waals surface area contributed by atoms with Crippen molar-refractivity contribution >= 4 is 11.6 Å². The van der Waals surface area contributed by atoms with Gasteiger partial charge in [0, 0.05) is 12.7 Å². The van der Waals surface area contributed by atoms with Crippen LogP contribution in [0.2, 0.25) is 0 Å². The average molecular weight is 205 g/mol. The number of nitrogens with one attached hydrogen (secondary N) is 1. The maximum Gasteiger partial charge on any atom is 0.243 e. The summed E-state index contributed by atoms with van der Waals surface area (Å²) in [6.07, 6.45) is 2.83. The number of fused-ring (bicyclic) bond motifs is 1. The summed E-state index contributed by atoms with van der Waals surface area (Å²) in [6.45, 7) is 3.53. The lowest BCUT2D eigenvalue weighted by Crippen LogP contribution is -2.09. The lowest BCUT2D eigenvalue weighted by Gasteiger charge is -1.97. The summed E-state index contributed by atoms with van der Waals surface area (Å²) in [5, 5.41) is 7.41. The molecular formula is C10H15N5. The molecule has 0 unspecified atom stereocenters. The third-order valence-corrected chi connectivity index (χ3v) is 2.16. The number of aromatic nitrogens is 3. The van der Waals surface area contributed by atoms with Gasteiger partial charge in [-0.05, 0) is 37.6 Å². The molecule has 0 amide bonds. The van der Waals surface area contributed by atoms with Crippen LogP contribution in [-0.4, -0.2) is 27.7 Å². The highest BCUT2D eigenvalue weighted by Gasteiger charge is 2.01. The van der Waals surface area contributed by atoms with Crippen LogP contribution in [0.4, 0.5) is 5.95 Å². The summed E-state index contributed by atoms with van der Waals surface area (Å²) in [4.78, 5) is 4.35. The molecule has 0 aromatic carbocycles. The van der Waals surface area contributed by atoms with Crippen molar-refractivity contribution in [2.75, 3.05) is 18.4 Å². The first kappa shape index (κ1) is 9.92. The standard InChI is InChI=1S/C10H15N5/c1-8-3-6-15-9(7-8)13-10(14-15)12-5-2-4-11/h3,6-7H,2,4-5,11H2,1H3,(H,12,14). The fourth-order valence-electron chi connectivity index (χ4n) is 1.36. The highest BCUT2D eigenvalue weighted by molar-refractivity contribution is 5.45. The van der Waals surface area contributed by atoms with E-state index < -0.39 is 0 Å². The topological polar surface area (TPSA) is 68.2 Å². The van der Waals surface area contributed by atoms with Gasteiger partial charge < -0.3 is 11.1 Å². The fourth-order valence-corrected chi connectivity index (χ4v) is 1.36. The Morgan fingerprint density at radius 2 is 2.40 bits per heavy atom. The second kappa shape index (κ2) is 4.27. The largest absolute Gasteiger partial charge is 0.353 e. The van der Waals surface area contributed by atoms with Crippen molar-refractivity contribution in [2.45, 2.75) is 13.3 Å². The molecule has 5 heteroatoms. The van der Waals surface area contributed by atoms with Crippen LogP contribution in [-0.2, 0) is 0 Å². The second-order valence-electron chi connectivity index (χ2n) is 3.51. The molecule has 0 aliphatic rings. The van der Waals surface area contributed by atoms with E-state index in [1.54, 1.807) is 4.52 Å². The second-order valence-corrected chi connectivity index (χ2v) is 3.51. The molecule has 0 aliphatic heterocycles. The Bertz CT molecular complexity index is 448. The van der Waals surface area contributed by atoms with Crippen LogP contribution >= 0.6 is 0 Å². The Labute approximate surface area is 88.3 Å². The van der Waals surface area contributed by atoms with Crippen molar-refractivity contribution in [3.8, 4) is 0 Å². The summed E-state index contributed by atoms with van der Waals surface area (Å²) in [7, 11) is 0. The van der Waals surface area contributed by atoms with Gasteiger partial charge in [0.25, 0.3) is 0 Å². The zero-order valence-electron chi connectivity index (χ0n) is 8.77.